The van der Waals surface area contributed by atoms with Gasteiger partial charge < -0.3 is 15.8 Å². The second kappa shape index (κ2) is 9.34. The second-order valence-corrected chi connectivity index (χ2v) is 5.36. The Labute approximate surface area is 111 Å². The Morgan fingerprint density at radius 3 is 2.78 bits per heavy atom. The molecule has 0 bridgehead atoms. The van der Waals surface area contributed by atoms with E-state index in [0.29, 0.717) is 38.1 Å². The lowest BCUT2D eigenvalue weighted by Crippen LogP contribution is -2.29. The van der Waals surface area contributed by atoms with Crippen LogP contribution in [0.5, 0.6) is 0 Å². The van der Waals surface area contributed by atoms with Crippen LogP contribution in [0, 0.1) is 5.92 Å². The molecule has 1 amide bonds. The van der Waals surface area contributed by atoms with Crippen LogP contribution in [0.4, 0.5) is 0 Å². The summed E-state index contributed by atoms with van der Waals surface area (Å²) in [7, 11) is 0. The fourth-order valence-corrected chi connectivity index (χ4v) is 2.23. The van der Waals surface area contributed by atoms with Gasteiger partial charge in [0.2, 0.25) is 5.91 Å². The number of amides is 1. The van der Waals surface area contributed by atoms with E-state index in [1.54, 1.807) is 0 Å². The van der Waals surface area contributed by atoms with Gasteiger partial charge in [-0.2, -0.15) is 0 Å². The van der Waals surface area contributed by atoms with E-state index in [2.05, 4.69) is 12.2 Å². The number of nitrogens with one attached hydrogen (secondary N) is 1. The third-order valence-electron chi connectivity index (χ3n) is 3.60. The summed E-state index contributed by atoms with van der Waals surface area (Å²) in [5, 5.41) is 2.90. The molecule has 1 aliphatic carbocycles. The monoisotopic (exact) mass is 256 g/mol. The standard InChI is InChI=1S/C14H28N2O2/c1-12(11-15)7-8-14(17)16-9-10-18-13-5-3-2-4-6-13/h12-13H,2-11,15H2,1H3,(H,16,17). The first-order chi connectivity index (χ1) is 8.72. The molecule has 3 N–H and O–H groups in total. The molecule has 0 aromatic rings. The van der Waals surface area contributed by atoms with Crippen molar-refractivity contribution in [2.45, 2.75) is 58.0 Å². The van der Waals surface area contributed by atoms with Crippen LogP contribution in [0.3, 0.4) is 0 Å². The van der Waals surface area contributed by atoms with Crippen molar-refractivity contribution < 1.29 is 9.53 Å². The van der Waals surface area contributed by atoms with E-state index in [1.165, 1.54) is 32.1 Å². The molecule has 1 fully saturated rings. The van der Waals surface area contributed by atoms with Gasteiger partial charge in [0.1, 0.15) is 0 Å². The van der Waals surface area contributed by atoms with Gasteiger partial charge in [-0.05, 0) is 31.7 Å². The van der Waals surface area contributed by atoms with Gasteiger partial charge in [0.15, 0.2) is 0 Å². The smallest absolute Gasteiger partial charge is 0.220 e. The van der Waals surface area contributed by atoms with Gasteiger partial charge in [0.25, 0.3) is 0 Å². The molecule has 1 aliphatic rings. The number of ether oxygens (including phenoxy) is 1. The summed E-state index contributed by atoms with van der Waals surface area (Å²) in [6, 6.07) is 0. The van der Waals surface area contributed by atoms with Crippen molar-refractivity contribution >= 4 is 5.91 Å². The largest absolute Gasteiger partial charge is 0.376 e. The Bertz CT molecular complexity index is 228. The van der Waals surface area contributed by atoms with E-state index >= 15 is 0 Å². The molecule has 0 heterocycles. The Morgan fingerprint density at radius 2 is 2.11 bits per heavy atom. The summed E-state index contributed by atoms with van der Waals surface area (Å²) in [4.78, 5) is 11.5. The van der Waals surface area contributed by atoms with Crippen LogP contribution in [-0.2, 0) is 9.53 Å². The molecule has 0 aromatic carbocycles. The van der Waals surface area contributed by atoms with Crippen LogP contribution < -0.4 is 11.1 Å². The zero-order valence-electron chi connectivity index (χ0n) is 11.6. The summed E-state index contributed by atoms with van der Waals surface area (Å²) in [6.07, 6.45) is 8.14. The third-order valence-corrected chi connectivity index (χ3v) is 3.60. The van der Waals surface area contributed by atoms with Crippen molar-refractivity contribution in [2.24, 2.45) is 11.7 Å². The van der Waals surface area contributed by atoms with Gasteiger partial charge in [-0.1, -0.05) is 26.2 Å². The predicted octanol–water partition coefficient (Wildman–Crippen LogP) is 1.83. The minimum absolute atomic E-state index is 0.113. The van der Waals surface area contributed by atoms with Crippen LogP contribution in [0.1, 0.15) is 51.9 Å². The van der Waals surface area contributed by atoms with E-state index < -0.39 is 0 Å². The summed E-state index contributed by atoms with van der Waals surface area (Å²) in [5.74, 6) is 0.539. The van der Waals surface area contributed by atoms with Gasteiger partial charge >= 0.3 is 0 Å². The highest BCUT2D eigenvalue weighted by molar-refractivity contribution is 5.75. The molecule has 0 saturated heterocycles. The lowest BCUT2D eigenvalue weighted by molar-refractivity contribution is -0.121. The molecule has 18 heavy (non-hydrogen) atoms. The second-order valence-electron chi connectivity index (χ2n) is 5.36. The number of hydrogen-bond acceptors (Lipinski definition) is 3. The molecule has 4 nitrogen and oxygen atoms in total. The average molecular weight is 256 g/mol. The lowest BCUT2D eigenvalue weighted by atomic mass is 9.98. The Balaban J connectivity index is 1.94. The van der Waals surface area contributed by atoms with Gasteiger partial charge in [-0.25, -0.2) is 0 Å². The summed E-state index contributed by atoms with van der Waals surface area (Å²) in [5.41, 5.74) is 5.51. The van der Waals surface area contributed by atoms with Gasteiger partial charge in [0, 0.05) is 13.0 Å². The zero-order valence-corrected chi connectivity index (χ0v) is 11.6. The van der Waals surface area contributed by atoms with E-state index in [9.17, 15) is 4.79 Å². The maximum Gasteiger partial charge on any atom is 0.220 e. The fraction of sp³-hybridized carbons (Fsp3) is 0.929. The lowest BCUT2D eigenvalue weighted by Gasteiger charge is -2.22. The predicted molar refractivity (Wildman–Crippen MR) is 73.3 cm³/mol. The van der Waals surface area contributed by atoms with E-state index in [-0.39, 0.29) is 5.91 Å². The topological polar surface area (TPSA) is 64.4 Å². The highest BCUT2D eigenvalue weighted by Crippen LogP contribution is 2.19. The minimum atomic E-state index is 0.113. The van der Waals surface area contributed by atoms with Gasteiger partial charge in [-0.15, -0.1) is 0 Å². The van der Waals surface area contributed by atoms with Crippen LogP contribution in [0.2, 0.25) is 0 Å². The quantitative estimate of drug-likeness (QED) is 0.651. The van der Waals surface area contributed by atoms with Crippen molar-refractivity contribution in [3.8, 4) is 0 Å². The van der Waals surface area contributed by atoms with Crippen molar-refractivity contribution in [3.63, 3.8) is 0 Å². The van der Waals surface area contributed by atoms with Crippen molar-refractivity contribution in [2.75, 3.05) is 19.7 Å². The van der Waals surface area contributed by atoms with Crippen LogP contribution in [0.15, 0.2) is 0 Å². The van der Waals surface area contributed by atoms with Gasteiger partial charge in [-0.3, -0.25) is 4.79 Å². The molecule has 1 atom stereocenters. The third kappa shape index (κ3) is 6.97. The van der Waals surface area contributed by atoms with Crippen molar-refractivity contribution in [1.82, 2.24) is 5.32 Å². The number of rotatable bonds is 8. The van der Waals surface area contributed by atoms with Crippen molar-refractivity contribution in [1.29, 1.82) is 0 Å². The Kier molecular flexibility index (Phi) is 8.01. The molecular formula is C14H28N2O2. The van der Waals surface area contributed by atoms with Crippen LogP contribution in [0.25, 0.3) is 0 Å². The van der Waals surface area contributed by atoms with Crippen molar-refractivity contribution in [3.05, 3.63) is 0 Å². The fourth-order valence-electron chi connectivity index (χ4n) is 2.23. The first-order valence-electron chi connectivity index (χ1n) is 7.30. The molecule has 4 heteroatoms. The zero-order chi connectivity index (χ0) is 13.2. The molecule has 0 aromatic heterocycles. The van der Waals surface area contributed by atoms with E-state index in [0.717, 1.165) is 6.42 Å². The Hall–Kier alpha value is -0.610. The number of nitrogens with two attached hydrogens (primary N) is 1. The SMILES string of the molecule is CC(CN)CCC(=O)NCCOC1CCCCC1. The van der Waals surface area contributed by atoms with E-state index in [1.807, 2.05) is 0 Å². The first-order valence-corrected chi connectivity index (χ1v) is 7.30. The summed E-state index contributed by atoms with van der Waals surface area (Å²) >= 11 is 0. The minimum Gasteiger partial charge on any atom is -0.376 e. The molecule has 106 valence electrons. The number of hydrogen-bond donors (Lipinski definition) is 2. The normalized spacial score (nSPS) is 18.6. The van der Waals surface area contributed by atoms with Crippen LogP contribution >= 0.6 is 0 Å². The maximum absolute atomic E-state index is 11.5. The highest BCUT2D eigenvalue weighted by Gasteiger charge is 2.13. The average Bonchev–Trinajstić information content (AvgIpc) is 2.42. The number of carbonyl (C=O) groups is 1. The molecule has 1 unspecified atom stereocenters. The molecular weight excluding hydrogens is 228 g/mol. The van der Waals surface area contributed by atoms with Gasteiger partial charge in [0.05, 0.1) is 12.7 Å². The highest BCUT2D eigenvalue weighted by atomic mass is 16.5. The summed E-state index contributed by atoms with van der Waals surface area (Å²) in [6.45, 7) is 3.99. The molecule has 0 radical (unpaired) electrons. The maximum atomic E-state index is 11.5. The first kappa shape index (κ1) is 15.4. The molecule has 1 saturated carbocycles. The Morgan fingerprint density at radius 1 is 1.39 bits per heavy atom. The molecule has 0 spiro atoms. The van der Waals surface area contributed by atoms with Crippen LogP contribution in [-0.4, -0.2) is 31.7 Å². The number of carbonyl (C=O) groups excluding carboxylic acids is 1. The molecule has 0 aliphatic heterocycles. The molecule has 1 rings (SSSR count). The van der Waals surface area contributed by atoms with E-state index in [4.69, 9.17) is 10.5 Å². The summed E-state index contributed by atoms with van der Waals surface area (Å²) < 4.78 is 5.75.